The highest BCUT2D eigenvalue weighted by atomic mass is 19.4. The van der Waals surface area contributed by atoms with Crippen molar-refractivity contribution in [1.82, 2.24) is 30.3 Å². The molecule has 0 spiro atoms. The van der Waals surface area contributed by atoms with E-state index in [1.54, 1.807) is 36.4 Å². The lowest BCUT2D eigenvalue weighted by molar-refractivity contribution is -0.125. The molecule has 0 saturated carbocycles. The predicted octanol–water partition coefficient (Wildman–Crippen LogP) is 3.75. The highest BCUT2D eigenvalue weighted by molar-refractivity contribution is 5.72. The van der Waals surface area contributed by atoms with Gasteiger partial charge in [-0.1, -0.05) is 23.4 Å². The summed E-state index contributed by atoms with van der Waals surface area (Å²) >= 11 is 0. The Morgan fingerprint density at radius 2 is 1.83 bits per heavy atom. The van der Waals surface area contributed by atoms with Crippen LogP contribution in [0.15, 0.2) is 54.7 Å². The van der Waals surface area contributed by atoms with Gasteiger partial charge < -0.3 is 10.6 Å². The van der Waals surface area contributed by atoms with Crippen molar-refractivity contribution in [3.8, 4) is 5.69 Å². The van der Waals surface area contributed by atoms with Gasteiger partial charge >= 0.3 is 6.18 Å². The second kappa shape index (κ2) is 8.03. The molecular weight excluding hydrogens is 402 g/mol. The summed E-state index contributed by atoms with van der Waals surface area (Å²) in [4.78, 5) is 8.57. The topological polar surface area (TPSA) is 80.5 Å². The van der Waals surface area contributed by atoms with Crippen LogP contribution in [0.5, 0.6) is 0 Å². The number of anilines is 2. The largest absolute Gasteiger partial charge is 0.401 e. The van der Waals surface area contributed by atoms with Crippen molar-refractivity contribution in [3.05, 3.63) is 66.1 Å². The van der Waals surface area contributed by atoms with E-state index in [-0.39, 0.29) is 12.5 Å². The molecule has 0 aliphatic rings. The fourth-order valence-electron chi connectivity index (χ4n) is 2.75. The standard InChI is InChI=1S/C19H15F4N7/c20-13-2-1-3-15(8-13)30-17-16(28-29-30)10-25-18(27-17)26-14-6-4-12(5-7-14)9-24-11-19(21,22)23/h1-8,10,24H,9,11H2,(H,25,26,27). The molecule has 4 aromatic rings. The van der Waals surface area contributed by atoms with Crippen molar-refractivity contribution >= 4 is 22.8 Å². The predicted molar refractivity (Wildman–Crippen MR) is 102 cm³/mol. The number of aromatic nitrogens is 5. The van der Waals surface area contributed by atoms with Gasteiger partial charge in [0.05, 0.1) is 18.4 Å². The van der Waals surface area contributed by atoms with Gasteiger partial charge in [0.2, 0.25) is 5.95 Å². The minimum Gasteiger partial charge on any atom is -0.324 e. The third-order valence-electron chi connectivity index (χ3n) is 4.11. The van der Waals surface area contributed by atoms with Crippen LogP contribution in [-0.2, 0) is 6.54 Å². The first-order valence-corrected chi connectivity index (χ1v) is 8.85. The smallest absolute Gasteiger partial charge is 0.324 e. The molecule has 0 bridgehead atoms. The second-order valence-electron chi connectivity index (χ2n) is 6.42. The van der Waals surface area contributed by atoms with E-state index in [1.165, 1.54) is 23.0 Å². The SMILES string of the molecule is Fc1cccc(-n2nnc3cnc(Nc4ccc(CNCC(F)(F)F)cc4)nc32)c1. The van der Waals surface area contributed by atoms with Crippen LogP contribution in [0.4, 0.5) is 29.2 Å². The molecule has 2 N–H and O–H groups in total. The minimum absolute atomic E-state index is 0.0980. The van der Waals surface area contributed by atoms with E-state index in [2.05, 4.69) is 30.9 Å². The molecule has 11 heteroatoms. The fraction of sp³-hybridized carbons (Fsp3) is 0.158. The number of alkyl halides is 3. The van der Waals surface area contributed by atoms with Crippen LogP contribution in [0.2, 0.25) is 0 Å². The Balaban J connectivity index is 1.49. The summed E-state index contributed by atoms with van der Waals surface area (Å²) in [6, 6.07) is 12.7. The molecule has 0 amide bonds. The first-order chi connectivity index (χ1) is 14.4. The average Bonchev–Trinajstić information content (AvgIpc) is 3.12. The van der Waals surface area contributed by atoms with E-state index in [1.807, 2.05) is 0 Å². The highest BCUT2D eigenvalue weighted by Gasteiger charge is 2.26. The lowest BCUT2D eigenvalue weighted by Gasteiger charge is -2.09. The van der Waals surface area contributed by atoms with Crippen LogP contribution in [-0.4, -0.2) is 37.7 Å². The summed E-state index contributed by atoms with van der Waals surface area (Å²) in [6.07, 6.45) is -2.76. The summed E-state index contributed by atoms with van der Waals surface area (Å²) < 4.78 is 51.5. The molecule has 0 saturated heterocycles. The van der Waals surface area contributed by atoms with Crippen molar-refractivity contribution in [1.29, 1.82) is 0 Å². The van der Waals surface area contributed by atoms with Gasteiger partial charge in [-0.2, -0.15) is 22.8 Å². The van der Waals surface area contributed by atoms with Crippen LogP contribution in [0.25, 0.3) is 16.9 Å². The maximum Gasteiger partial charge on any atom is 0.401 e. The van der Waals surface area contributed by atoms with E-state index in [0.29, 0.717) is 28.1 Å². The first kappa shape index (κ1) is 19.7. The van der Waals surface area contributed by atoms with Gasteiger partial charge in [-0.05, 0) is 35.9 Å². The number of nitrogens with one attached hydrogen (secondary N) is 2. The van der Waals surface area contributed by atoms with Crippen molar-refractivity contribution in [3.63, 3.8) is 0 Å². The van der Waals surface area contributed by atoms with Crippen LogP contribution < -0.4 is 10.6 Å². The van der Waals surface area contributed by atoms with Crippen molar-refractivity contribution in [2.75, 3.05) is 11.9 Å². The molecule has 30 heavy (non-hydrogen) atoms. The number of nitrogens with zero attached hydrogens (tertiary/aromatic N) is 5. The van der Waals surface area contributed by atoms with Crippen LogP contribution in [0.3, 0.4) is 0 Å². The molecule has 2 heterocycles. The Hall–Kier alpha value is -3.60. The molecule has 2 aromatic carbocycles. The van der Waals surface area contributed by atoms with E-state index in [0.717, 1.165) is 0 Å². The molecule has 0 fully saturated rings. The summed E-state index contributed by atoms with van der Waals surface area (Å²) in [6.45, 7) is -0.950. The second-order valence-corrected chi connectivity index (χ2v) is 6.42. The first-order valence-electron chi connectivity index (χ1n) is 8.85. The van der Waals surface area contributed by atoms with Gasteiger partial charge in [0.1, 0.15) is 5.82 Å². The zero-order chi connectivity index (χ0) is 21.1. The molecule has 7 nitrogen and oxygen atoms in total. The zero-order valence-electron chi connectivity index (χ0n) is 15.4. The quantitative estimate of drug-likeness (QED) is 0.465. The fourth-order valence-corrected chi connectivity index (χ4v) is 2.75. The van der Waals surface area contributed by atoms with Gasteiger partial charge in [-0.25, -0.2) is 9.37 Å². The number of fused-ring (bicyclic) bond motifs is 1. The number of hydrogen-bond donors (Lipinski definition) is 2. The molecule has 154 valence electrons. The van der Waals surface area contributed by atoms with Gasteiger partial charge in [-0.15, -0.1) is 5.10 Å². The number of halogens is 4. The normalized spacial score (nSPS) is 11.7. The molecule has 4 rings (SSSR count). The third kappa shape index (κ3) is 4.69. The maximum atomic E-state index is 13.5. The lowest BCUT2D eigenvalue weighted by Crippen LogP contribution is -2.28. The Morgan fingerprint density at radius 3 is 2.57 bits per heavy atom. The van der Waals surface area contributed by atoms with E-state index in [9.17, 15) is 17.6 Å². The van der Waals surface area contributed by atoms with Crippen LogP contribution in [0, 0.1) is 5.82 Å². The highest BCUT2D eigenvalue weighted by Crippen LogP contribution is 2.19. The summed E-state index contributed by atoms with van der Waals surface area (Å²) in [5.41, 5.74) is 2.66. The Morgan fingerprint density at radius 1 is 1.03 bits per heavy atom. The molecule has 0 unspecified atom stereocenters. The summed E-state index contributed by atoms with van der Waals surface area (Å²) in [5, 5.41) is 13.3. The van der Waals surface area contributed by atoms with E-state index < -0.39 is 18.5 Å². The number of rotatable bonds is 6. The molecule has 0 radical (unpaired) electrons. The third-order valence-corrected chi connectivity index (χ3v) is 4.11. The lowest BCUT2D eigenvalue weighted by atomic mass is 10.2. The van der Waals surface area contributed by atoms with Gasteiger partial charge in [0.25, 0.3) is 0 Å². The Kier molecular flexibility index (Phi) is 5.27. The van der Waals surface area contributed by atoms with Crippen molar-refractivity contribution in [2.45, 2.75) is 12.7 Å². The minimum atomic E-state index is -4.25. The maximum absolute atomic E-state index is 13.5. The molecule has 0 atom stereocenters. The Bertz CT molecular complexity index is 1160. The number of benzene rings is 2. The van der Waals surface area contributed by atoms with Crippen molar-refractivity contribution < 1.29 is 17.6 Å². The molecular formula is C19H15F4N7. The van der Waals surface area contributed by atoms with Gasteiger partial charge in [0, 0.05) is 12.2 Å². The molecule has 0 aliphatic carbocycles. The molecule has 2 aromatic heterocycles. The zero-order valence-corrected chi connectivity index (χ0v) is 15.4. The average molecular weight is 417 g/mol. The number of hydrogen-bond acceptors (Lipinski definition) is 6. The molecule has 0 aliphatic heterocycles. The van der Waals surface area contributed by atoms with Crippen LogP contribution in [0.1, 0.15) is 5.56 Å². The Labute approximate surface area is 167 Å². The van der Waals surface area contributed by atoms with Crippen LogP contribution >= 0.6 is 0 Å². The van der Waals surface area contributed by atoms with E-state index >= 15 is 0 Å². The van der Waals surface area contributed by atoms with Crippen molar-refractivity contribution in [2.24, 2.45) is 0 Å². The summed E-state index contributed by atoms with van der Waals surface area (Å²) in [5.74, 6) is -0.140. The van der Waals surface area contributed by atoms with Gasteiger partial charge in [-0.3, -0.25) is 0 Å². The summed E-state index contributed by atoms with van der Waals surface area (Å²) in [7, 11) is 0. The monoisotopic (exact) mass is 417 g/mol. The van der Waals surface area contributed by atoms with Gasteiger partial charge in [0.15, 0.2) is 11.2 Å². The van der Waals surface area contributed by atoms with E-state index in [4.69, 9.17) is 0 Å².